The summed E-state index contributed by atoms with van der Waals surface area (Å²) in [5, 5.41) is 4.44. The van der Waals surface area contributed by atoms with Gasteiger partial charge in [0.15, 0.2) is 5.13 Å². The highest BCUT2D eigenvalue weighted by molar-refractivity contribution is 7.15. The molecular weight excluding hydrogens is 405 g/mol. The number of carbonyl (C=O) groups excluding carboxylic acids is 2. The molecule has 1 aromatic heterocycles. The van der Waals surface area contributed by atoms with Crippen molar-refractivity contribution in [1.82, 2.24) is 9.88 Å². The van der Waals surface area contributed by atoms with Gasteiger partial charge in [0.1, 0.15) is 6.04 Å². The first kappa shape index (κ1) is 20.1. The van der Waals surface area contributed by atoms with E-state index >= 15 is 0 Å². The van der Waals surface area contributed by atoms with Gasteiger partial charge in [-0.1, -0.05) is 49.2 Å². The highest BCUT2D eigenvalue weighted by Gasteiger charge is 2.35. The Balaban J connectivity index is 1.70. The van der Waals surface area contributed by atoms with Crippen molar-refractivity contribution in [1.29, 1.82) is 0 Å². The summed E-state index contributed by atoms with van der Waals surface area (Å²) in [6, 6.07) is 5.04. The van der Waals surface area contributed by atoms with Crippen LogP contribution in [-0.2, 0) is 16.0 Å². The Bertz CT molecular complexity index is 853. The van der Waals surface area contributed by atoms with E-state index in [1.165, 1.54) is 11.3 Å². The number of aromatic nitrogens is 1. The number of rotatable bonds is 6. The van der Waals surface area contributed by atoms with Gasteiger partial charge in [-0.2, -0.15) is 0 Å². The number of nitrogens with zero attached hydrogens (tertiary/aromatic N) is 2. The predicted molar refractivity (Wildman–Crippen MR) is 110 cm³/mol. The monoisotopic (exact) mass is 425 g/mol. The molecule has 0 bridgehead atoms. The maximum absolute atomic E-state index is 12.8. The third kappa shape index (κ3) is 4.62. The zero-order valence-corrected chi connectivity index (χ0v) is 17.5. The van der Waals surface area contributed by atoms with Crippen LogP contribution in [0.1, 0.15) is 37.1 Å². The maximum atomic E-state index is 12.8. The van der Waals surface area contributed by atoms with Gasteiger partial charge in [-0.15, -0.1) is 11.3 Å². The number of amides is 2. The van der Waals surface area contributed by atoms with Crippen molar-refractivity contribution in [3.63, 3.8) is 0 Å². The first-order valence-electron chi connectivity index (χ1n) is 8.84. The molecule has 1 atom stereocenters. The first-order valence-corrected chi connectivity index (χ1v) is 10.4. The van der Waals surface area contributed by atoms with Crippen molar-refractivity contribution in [3.8, 4) is 0 Å². The highest BCUT2D eigenvalue weighted by Crippen LogP contribution is 2.30. The second kappa shape index (κ2) is 8.59. The number of hydrogen-bond acceptors (Lipinski definition) is 4. The van der Waals surface area contributed by atoms with Gasteiger partial charge in [0, 0.05) is 30.5 Å². The van der Waals surface area contributed by atoms with Crippen LogP contribution in [0.25, 0.3) is 0 Å². The molecule has 5 nitrogen and oxygen atoms in total. The van der Waals surface area contributed by atoms with Gasteiger partial charge in [-0.25, -0.2) is 4.98 Å². The van der Waals surface area contributed by atoms with Gasteiger partial charge < -0.3 is 10.2 Å². The minimum atomic E-state index is -0.477. The molecule has 1 aliphatic rings. The minimum absolute atomic E-state index is 0.0248. The van der Waals surface area contributed by atoms with E-state index < -0.39 is 6.04 Å². The quantitative estimate of drug-likeness (QED) is 0.733. The zero-order valence-electron chi connectivity index (χ0n) is 15.2. The van der Waals surface area contributed by atoms with E-state index in [1.54, 1.807) is 17.2 Å². The summed E-state index contributed by atoms with van der Waals surface area (Å²) in [6.45, 7) is 4.53. The van der Waals surface area contributed by atoms with Crippen LogP contribution >= 0.6 is 34.5 Å². The summed E-state index contributed by atoms with van der Waals surface area (Å²) < 4.78 is 0. The Morgan fingerprint density at radius 3 is 2.81 bits per heavy atom. The third-order valence-corrected chi connectivity index (χ3v) is 6.30. The normalized spacial score (nSPS) is 15.4. The van der Waals surface area contributed by atoms with Gasteiger partial charge in [0.25, 0.3) is 0 Å². The van der Waals surface area contributed by atoms with E-state index in [4.69, 9.17) is 23.2 Å². The topological polar surface area (TPSA) is 62.3 Å². The molecule has 1 saturated heterocycles. The first-order chi connectivity index (χ1) is 12.9. The van der Waals surface area contributed by atoms with Crippen LogP contribution < -0.4 is 5.32 Å². The minimum Gasteiger partial charge on any atom is -0.330 e. The third-order valence-electron chi connectivity index (χ3n) is 4.53. The van der Waals surface area contributed by atoms with Crippen molar-refractivity contribution in [2.75, 3.05) is 11.9 Å². The smallest absolute Gasteiger partial charge is 0.249 e. The molecule has 0 saturated carbocycles. The molecule has 3 rings (SSSR count). The lowest BCUT2D eigenvalue weighted by Gasteiger charge is -2.29. The summed E-state index contributed by atoms with van der Waals surface area (Å²) in [6.07, 6.45) is 3.63. The molecule has 1 aromatic carbocycles. The molecular formula is C19H21Cl2N3O2S. The van der Waals surface area contributed by atoms with Gasteiger partial charge >= 0.3 is 0 Å². The van der Waals surface area contributed by atoms with Crippen molar-refractivity contribution in [2.24, 2.45) is 5.92 Å². The lowest BCUT2D eigenvalue weighted by Crippen LogP contribution is -2.47. The lowest BCUT2D eigenvalue weighted by molar-refractivity contribution is -0.136. The Labute approximate surface area is 172 Å². The Morgan fingerprint density at radius 2 is 2.15 bits per heavy atom. The number of benzene rings is 1. The number of thiazole rings is 1. The number of likely N-dealkylation sites (tertiary alicyclic amines) is 1. The average Bonchev–Trinajstić information content (AvgIpc) is 3.21. The van der Waals surface area contributed by atoms with Crippen molar-refractivity contribution in [3.05, 3.63) is 44.9 Å². The number of carbonyl (C=O) groups is 2. The molecule has 8 heteroatoms. The van der Waals surface area contributed by atoms with Crippen molar-refractivity contribution < 1.29 is 9.59 Å². The summed E-state index contributed by atoms with van der Waals surface area (Å²) >= 11 is 13.7. The average molecular weight is 426 g/mol. The van der Waals surface area contributed by atoms with E-state index in [-0.39, 0.29) is 17.7 Å². The van der Waals surface area contributed by atoms with Crippen LogP contribution in [0.4, 0.5) is 5.13 Å². The van der Waals surface area contributed by atoms with Crippen LogP contribution in [0, 0.1) is 5.92 Å². The van der Waals surface area contributed by atoms with Crippen LogP contribution in [0.5, 0.6) is 0 Å². The number of nitrogens with one attached hydrogen (secondary N) is 1. The van der Waals surface area contributed by atoms with E-state index in [1.807, 2.05) is 26.0 Å². The SMILES string of the molecule is CC(C)C(C(=O)Nc1ncc(Cc2cccc(Cl)c2Cl)s1)N1CCCC1=O. The Hall–Kier alpha value is -1.63. The van der Waals surface area contributed by atoms with Gasteiger partial charge in [-0.3, -0.25) is 9.59 Å². The molecule has 0 aliphatic carbocycles. The molecule has 27 heavy (non-hydrogen) atoms. The molecule has 1 fully saturated rings. The second-order valence-corrected chi connectivity index (χ2v) is 8.79. The van der Waals surface area contributed by atoms with E-state index in [2.05, 4.69) is 10.3 Å². The van der Waals surface area contributed by atoms with E-state index in [9.17, 15) is 9.59 Å². The Morgan fingerprint density at radius 1 is 1.37 bits per heavy atom. The fraction of sp³-hybridized carbons (Fsp3) is 0.421. The summed E-state index contributed by atoms with van der Waals surface area (Å²) in [7, 11) is 0. The lowest BCUT2D eigenvalue weighted by atomic mass is 10.0. The van der Waals surface area contributed by atoms with Crippen LogP contribution in [0.2, 0.25) is 10.0 Å². The largest absolute Gasteiger partial charge is 0.330 e. The van der Waals surface area contributed by atoms with Crippen molar-refractivity contribution >= 4 is 51.5 Å². The standard InChI is InChI=1S/C19H21Cl2N3O2S/c1-11(2)17(24-8-4-7-15(24)25)18(26)23-19-22-10-13(27-19)9-12-5-3-6-14(20)16(12)21/h3,5-6,10-11,17H,4,7-9H2,1-2H3,(H,22,23,26). The van der Waals surface area contributed by atoms with E-state index in [0.717, 1.165) is 16.9 Å². The number of hydrogen-bond donors (Lipinski definition) is 1. The molecule has 144 valence electrons. The molecule has 0 radical (unpaired) electrons. The fourth-order valence-electron chi connectivity index (χ4n) is 3.27. The van der Waals surface area contributed by atoms with Crippen LogP contribution in [0.3, 0.4) is 0 Å². The maximum Gasteiger partial charge on any atom is 0.249 e. The molecule has 2 aromatic rings. The Kier molecular flexibility index (Phi) is 6.40. The predicted octanol–water partition coefficient (Wildman–Crippen LogP) is 4.63. The van der Waals surface area contributed by atoms with Crippen LogP contribution in [-0.4, -0.2) is 34.3 Å². The molecule has 2 amide bonds. The molecule has 1 unspecified atom stereocenters. The fourth-order valence-corrected chi connectivity index (χ4v) is 4.49. The zero-order chi connectivity index (χ0) is 19.6. The van der Waals surface area contributed by atoms with Gasteiger partial charge in [0.05, 0.1) is 10.0 Å². The number of anilines is 1. The van der Waals surface area contributed by atoms with Crippen molar-refractivity contribution in [2.45, 2.75) is 39.2 Å². The van der Waals surface area contributed by atoms with Crippen LogP contribution in [0.15, 0.2) is 24.4 Å². The van der Waals surface area contributed by atoms with Gasteiger partial charge in [0.2, 0.25) is 11.8 Å². The molecule has 1 aliphatic heterocycles. The van der Waals surface area contributed by atoms with Gasteiger partial charge in [-0.05, 0) is 24.0 Å². The summed E-state index contributed by atoms with van der Waals surface area (Å²) in [4.78, 5) is 31.8. The summed E-state index contributed by atoms with van der Waals surface area (Å²) in [5.41, 5.74) is 0.911. The number of halogens is 2. The molecule has 1 N–H and O–H groups in total. The second-order valence-electron chi connectivity index (χ2n) is 6.89. The molecule has 0 spiro atoms. The highest BCUT2D eigenvalue weighted by atomic mass is 35.5. The molecule has 2 heterocycles. The summed E-state index contributed by atoms with van der Waals surface area (Å²) in [5.74, 6) is -0.127. The van der Waals surface area contributed by atoms with E-state index in [0.29, 0.717) is 34.6 Å².